The number of halogens is 1. The molecule has 0 bridgehead atoms. The Labute approximate surface area is 248 Å². The number of likely N-dealkylation sites (N-methyl/N-ethyl adjacent to an activating group) is 1. The number of ether oxygens (including phenoxy) is 1. The molecule has 8 N–H and O–H groups in total. The normalized spacial score (nSPS) is 30.2. The largest absolute Gasteiger partial charge is 0.507 e. The zero-order chi connectivity index (χ0) is 30.1. The van der Waals surface area contributed by atoms with Crippen LogP contribution in [0.3, 0.4) is 0 Å². The lowest BCUT2D eigenvalue weighted by atomic mass is 9.56. The number of aromatic hydroxyl groups is 2. The Kier molecular flexibility index (Phi) is 7.45. The first kappa shape index (κ1) is 29.5. The van der Waals surface area contributed by atoms with Gasteiger partial charge in [0.2, 0.25) is 5.91 Å². The van der Waals surface area contributed by atoms with Crippen LogP contribution < -0.4 is 11.5 Å². The number of Topliss-reactive ketones (excluding diaryl/α,β-unsaturated/α-hetero) is 2. The number of phenolic OH excluding ortho intramolecular Hbond substituents is 2. The molecule has 6 atom stereocenters. The number of carbonyl (C=O) groups excluding carboxylic acids is 4. The fourth-order valence-electron chi connectivity index (χ4n) is 6.96. The van der Waals surface area contributed by atoms with Crippen LogP contribution >= 0.6 is 22.6 Å². The summed E-state index contributed by atoms with van der Waals surface area (Å²) < 4.78 is 6.56. The van der Waals surface area contributed by atoms with E-state index in [9.17, 15) is 39.6 Å². The maximum absolute atomic E-state index is 13.8. The first-order valence-corrected chi connectivity index (χ1v) is 14.4. The molecule has 0 heterocycles. The van der Waals surface area contributed by atoms with Gasteiger partial charge in [0, 0.05) is 25.8 Å². The Bertz CT molecular complexity index is 1490. The number of anilines is 1. The molecule has 13 heteroatoms. The van der Waals surface area contributed by atoms with Gasteiger partial charge in [0.05, 0.1) is 23.3 Å². The summed E-state index contributed by atoms with van der Waals surface area (Å²) in [4.78, 5) is 54.7. The van der Waals surface area contributed by atoms with Gasteiger partial charge in [-0.05, 0) is 61.7 Å². The van der Waals surface area contributed by atoms with E-state index in [0.717, 1.165) is 19.3 Å². The molecule has 2 fully saturated rings. The highest BCUT2D eigenvalue weighted by molar-refractivity contribution is 14.1. The van der Waals surface area contributed by atoms with E-state index in [1.54, 1.807) is 6.07 Å². The second kappa shape index (κ2) is 10.4. The van der Waals surface area contributed by atoms with Gasteiger partial charge >= 0.3 is 5.97 Å². The summed E-state index contributed by atoms with van der Waals surface area (Å²) in [5.41, 5.74) is 8.55. The van der Waals surface area contributed by atoms with E-state index in [-0.39, 0.29) is 22.0 Å². The maximum Gasteiger partial charge on any atom is 0.309 e. The molecule has 0 aromatic heterocycles. The summed E-state index contributed by atoms with van der Waals surface area (Å²) in [6.07, 6.45) is -0.167. The molecule has 0 saturated heterocycles. The highest BCUT2D eigenvalue weighted by atomic mass is 127. The van der Waals surface area contributed by atoms with E-state index in [2.05, 4.69) is 0 Å². The van der Waals surface area contributed by atoms with Gasteiger partial charge in [0.15, 0.2) is 23.1 Å². The van der Waals surface area contributed by atoms with E-state index < -0.39 is 82.1 Å². The zero-order valence-corrected chi connectivity index (χ0v) is 24.6. The van der Waals surface area contributed by atoms with Crippen LogP contribution in [0.5, 0.6) is 11.5 Å². The van der Waals surface area contributed by atoms with E-state index in [1.807, 2.05) is 22.6 Å². The number of fused-ring (bicyclic) bond motifs is 3. The molecular weight excluding hydrogens is 649 g/mol. The van der Waals surface area contributed by atoms with Crippen LogP contribution in [0.4, 0.5) is 5.69 Å². The van der Waals surface area contributed by atoms with Crippen LogP contribution in [0.25, 0.3) is 10.8 Å². The van der Waals surface area contributed by atoms with Crippen LogP contribution in [-0.2, 0) is 23.9 Å². The van der Waals surface area contributed by atoms with Crippen molar-refractivity contribution < 1.29 is 44.3 Å². The number of amides is 1. The maximum atomic E-state index is 13.8. The van der Waals surface area contributed by atoms with Gasteiger partial charge in [0.25, 0.3) is 0 Å². The lowest BCUT2D eigenvalue weighted by molar-refractivity contribution is -0.210. The summed E-state index contributed by atoms with van der Waals surface area (Å²) >= 11 is 1.95. The van der Waals surface area contributed by atoms with E-state index in [0.29, 0.717) is 16.4 Å². The van der Waals surface area contributed by atoms with Crippen LogP contribution in [0, 0.1) is 21.3 Å². The number of esters is 1. The smallest absolute Gasteiger partial charge is 0.309 e. The standard InChI is InChI=1S/C28H32IN3O9/c1-32(2)20-18-23(41-27(39)10-6-4-3-5-7-10)15-16(21(34)14-12(33)9-8-11(29)13(14)19(15)30)24(36)28(18,40)25(37)17(22(20)35)26(31)38/h8-10,17-18,20,23-24,33-34,36,40H,3-7,30H2,1-2H3,(H2,31,38)/t17?,18-,20+,23+,24?,28+/m1/s1. The Morgan fingerprint density at radius 1 is 1.07 bits per heavy atom. The number of hydrogen-bond donors (Lipinski definition) is 6. The highest BCUT2D eigenvalue weighted by Gasteiger charge is 2.70. The molecule has 0 radical (unpaired) electrons. The third-order valence-corrected chi connectivity index (χ3v) is 9.78. The van der Waals surface area contributed by atoms with Crippen molar-refractivity contribution in [3.63, 3.8) is 0 Å². The molecule has 2 saturated carbocycles. The van der Waals surface area contributed by atoms with Gasteiger partial charge in [-0.25, -0.2) is 0 Å². The number of benzene rings is 2. The fraction of sp³-hybridized carbons (Fsp3) is 0.500. The van der Waals surface area contributed by atoms with E-state index in [1.165, 1.54) is 25.1 Å². The molecule has 3 aliphatic rings. The lowest BCUT2D eigenvalue weighted by Crippen LogP contribution is -2.71. The topological polar surface area (TPSA) is 214 Å². The van der Waals surface area contributed by atoms with Crippen molar-refractivity contribution in [1.82, 2.24) is 4.90 Å². The number of phenols is 2. The Balaban J connectivity index is 1.85. The molecule has 2 aromatic rings. The Morgan fingerprint density at radius 2 is 1.71 bits per heavy atom. The molecular formula is C28H32IN3O9. The predicted octanol–water partition coefficient (Wildman–Crippen LogP) is 1.18. The molecule has 1 amide bonds. The van der Waals surface area contributed by atoms with Crippen molar-refractivity contribution in [3.8, 4) is 11.5 Å². The molecule has 220 valence electrons. The van der Waals surface area contributed by atoms with Crippen molar-refractivity contribution >= 4 is 62.5 Å². The SMILES string of the molecule is CN(C)[C@@H]1C(=O)C(C(N)=O)C(=O)[C@@]2(O)C(O)c3c(c(N)c4c(I)ccc(O)c4c3O)[C@H](OC(=O)C3CCCCC3)[C@@H]12. The fourth-order valence-corrected chi connectivity index (χ4v) is 7.70. The Morgan fingerprint density at radius 3 is 2.29 bits per heavy atom. The average molecular weight is 681 g/mol. The number of nitrogen functional groups attached to an aromatic ring is 1. The minimum atomic E-state index is -2.91. The third kappa shape index (κ3) is 4.19. The van der Waals surface area contributed by atoms with Crippen LogP contribution in [0.1, 0.15) is 55.4 Å². The van der Waals surface area contributed by atoms with Crippen LogP contribution in [0.2, 0.25) is 0 Å². The predicted molar refractivity (Wildman–Crippen MR) is 153 cm³/mol. The lowest BCUT2D eigenvalue weighted by Gasteiger charge is -2.54. The summed E-state index contributed by atoms with van der Waals surface area (Å²) in [7, 11) is 2.95. The molecule has 3 aliphatic carbocycles. The van der Waals surface area contributed by atoms with Gasteiger partial charge in [-0.3, -0.25) is 24.1 Å². The first-order chi connectivity index (χ1) is 19.2. The number of ketones is 2. The number of primary amides is 1. The molecule has 12 nitrogen and oxygen atoms in total. The van der Waals surface area contributed by atoms with Gasteiger partial charge < -0.3 is 36.6 Å². The number of aliphatic hydroxyl groups excluding tert-OH is 1. The zero-order valence-electron chi connectivity index (χ0n) is 22.5. The van der Waals surface area contributed by atoms with Crippen molar-refractivity contribution in [2.45, 2.75) is 56.0 Å². The van der Waals surface area contributed by atoms with E-state index in [4.69, 9.17) is 16.2 Å². The number of nitrogens with zero attached hydrogens (tertiary/aromatic N) is 1. The molecule has 5 rings (SSSR count). The van der Waals surface area contributed by atoms with Crippen molar-refractivity contribution in [3.05, 3.63) is 26.8 Å². The van der Waals surface area contributed by atoms with Crippen molar-refractivity contribution in [2.75, 3.05) is 19.8 Å². The van der Waals surface area contributed by atoms with Gasteiger partial charge in [-0.2, -0.15) is 0 Å². The molecule has 2 unspecified atom stereocenters. The Hall–Kier alpha value is -3.01. The van der Waals surface area contributed by atoms with Crippen LogP contribution in [0.15, 0.2) is 12.1 Å². The number of nitrogens with two attached hydrogens (primary N) is 2. The number of rotatable bonds is 4. The third-order valence-electron chi connectivity index (χ3n) is 8.88. The molecule has 2 aromatic carbocycles. The summed E-state index contributed by atoms with van der Waals surface area (Å²) in [5.74, 6) is -9.57. The quantitative estimate of drug-likeness (QED) is 0.0887. The number of carbonyl (C=O) groups is 4. The number of aliphatic hydroxyl groups is 2. The van der Waals surface area contributed by atoms with Gasteiger partial charge in [-0.1, -0.05) is 19.3 Å². The summed E-state index contributed by atoms with van der Waals surface area (Å²) in [6, 6.07) is 1.42. The van der Waals surface area contributed by atoms with Gasteiger partial charge in [-0.15, -0.1) is 0 Å². The van der Waals surface area contributed by atoms with Crippen LogP contribution in [-0.4, -0.2) is 74.5 Å². The highest BCUT2D eigenvalue weighted by Crippen LogP contribution is 2.60. The molecule has 41 heavy (non-hydrogen) atoms. The molecule has 0 aliphatic heterocycles. The van der Waals surface area contributed by atoms with Crippen molar-refractivity contribution in [1.29, 1.82) is 0 Å². The minimum Gasteiger partial charge on any atom is -0.507 e. The van der Waals surface area contributed by atoms with Gasteiger partial charge in [0.1, 0.15) is 23.7 Å². The first-order valence-electron chi connectivity index (χ1n) is 13.3. The number of hydrogen-bond acceptors (Lipinski definition) is 11. The molecule has 0 spiro atoms. The average Bonchev–Trinajstić information content (AvgIpc) is 2.91. The van der Waals surface area contributed by atoms with E-state index >= 15 is 0 Å². The second-order valence-electron chi connectivity index (χ2n) is 11.4. The minimum absolute atomic E-state index is 0.0786. The summed E-state index contributed by atoms with van der Waals surface area (Å²) in [6.45, 7) is 0. The van der Waals surface area contributed by atoms with Crippen molar-refractivity contribution in [2.24, 2.45) is 23.5 Å². The monoisotopic (exact) mass is 681 g/mol. The second-order valence-corrected chi connectivity index (χ2v) is 12.5. The summed E-state index contributed by atoms with van der Waals surface area (Å²) in [5, 5.41) is 46.0.